The fourth-order valence-electron chi connectivity index (χ4n) is 3.07. The number of ether oxygens (including phenoxy) is 1. The van der Waals surface area contributed by atoms with Gasteiger partial charge in [-0.15, -0.1) is 0 Å². The number of rotatable bonds is 1. The first-order valence-corrected chi connectivity index (χ1v) is 8.04. The summed E-state index contributed by atoms with van der Waals surface area (Å²) in [6, 6.07) is 9.09. The molecule has 7 heteroatoms. The van der Waals surface area contributed by atoms with E-state index in [9.17, 15) is 13.2 Å². The zero-order valence-electron chi connectivity index (χ0n) is 13.3. The van der Waals surface area contributed by atoms with E-state index in [2.05, 4.69) is 15.2 Å². The van der Waals surface area contributed by atoms with Crippen LogP contribution in [0.3, 0.4) is 0 Å². The molecule has 0 spiro atoms. The quantitative estimate of drug-likeness (QED) is 0.859. The molecule has 2 aliphatic heterocycles. The normalized spacial score (nSPS) is 16.7. The van der Waals surface area contributed by atoms with Gasteiger partial charge in [0.15, 0.2) is 5.75 Å². The molecular formula is C18H16F3N3O. The Bertz CT molecular complexity index is 918. The third kappa shape index (κ3) is 3.07. The molecule has 2 heterocycles. The van der Waals surface area contributed by atoms with E-state index in [0.717, 1.165) is 49.2 Å². The molecule has 25 heavy (non-hydrogen) atoms. The number of nitrogens with one attached hydrogen (secondary N) is 1. The lowest BCUT2D eigenvalue weighted by Crippen LogP contribution is -2.46. The summed E-state index contributed by atoms with van der Waals surface area (Å²) >= 11 is 0. The predicted molar refractivity (Wildman–Crippen MR) is 88.5 cm³/mol. The largest absolute Gasteiger partial charge is 0.462 e. The lowest BCUT2D eigenvalue weighted by Gasteiger charge is -2.29. The summed E-state index contributed by atoms with van der Waals surface area (Å²) in [5, 5.41) is 4.77. The van der Waals surface area contributed by atoms with Crippen molar-refractivity contribution in [3.63, 3.8) is 0 Å². The van der Waals surface area contributed by atoms with Gasteiger partial charge in [0.05, 0.1) is 16.1 Å². The maximum atomic E-state index is 12.9. The fourth-order valence-corrected chi connectivity index (χ4v) is 3.07. The van der Waals surface area contributed by atoms with E-state index in [1.54, 1.807) is 0 Å². The molecule has 0 atom stereocenters. The molecule has 4 nitrogen and oxygen atoms in total. The summed E-state index contributed by atoms with van der Waals surface area (Å²) in [7, 11) is 0. The average Bonchev–Trinajstić information content (AvgIpc) is 2.80. The summed E-state index contributed by atoms with van der Waals surface area (Å²) in [5.74, 6) is 0.109. The van der Waals surface area contributed by atoms with Crippen LogP contribution in [0.1, 0.15) is 5.56 Å². The molecule has 0 radical (unpaired) electrons. The molecule has 0 aliphatic carbocycles. The van der Waals surface area contributed by atoms with Crippen molar-refractivity contribution in [2.45, 2.75) is 6.18 Å². The average molecular weight is 347 g/mol. The SMILES string of the molecule is FC(F)(F)c1ccc2c(c1)OC=c1c(N3CCNCC3)cccc1=N2. The van der Waals surface area contributed by atoms with Gasteiger partial charge in [-0.2, -0.15) is 13.2 Å². The zero-order valence-corrected chi connectivity index (χ0v) is 13.3. The van der Waals surface area contributed by atoms with Gasteiger partial charge in [-0.3, -0.25) is 0 Å². The van der Waals surface area contributed by atoms with Crippen LogP contribution in [-0.4, -0.2) is 26.2 Å². The van der Waals surface area contributed by atoms with Crippen LogP contribution in [0.15, 0.2) is 41.4 Å². The van der Waals surface area contributed by atoms with Gasteiger partial charge in [0.1, 0.15) is 11.9 Å². The molecule has 4 rings (SSSR count). The van der Waals surface area contributed by atoms with Crippen molar-refractivity contribution in [1.82, 2.24) is 5.32 Å². The number of alkyl halides is 3. The van der Waals surface area contributed by atoms with E-state index >= 15 is 0 Å². The second-order valence-electron chi connectivity index (χ2n) is 5.97. The van der Waals surface area contributed by atoms with E-state index in [-0.39, 0.29) is 5.75 Å². The van der Waals surface area contributed by atoms with Crippen LogP contribution in [0.4, 0.5) is 24.5 Å². The monoisotopic (exact) mass is 347 g/mol. The highest BCUT2D eigenvalue weighted by atomic mass is 19.4. The highest BCUT2D eigenvalue weighted by Gasteiger charge is 2.31. The molecule has 0 saturated carbocycles. The highest BCUT2D eigenvalue weighted by molar-refractivity contribution is 5.59. The standard InChI is InChI=1S/C18H16F3N3O/c19-18(20,21)12-4-5-15-17(10-12)25-11-13-14(23-15)2-1-3-16(13)24-8-6-22-7-9-24/h1-5,10-11,22H,6-9H2. The maximum Gasteiger partial charge on any atom is 0.416 e. The predicted octanol–water partition coefficient (Wildman–Crippen LogP) is 2.20. The number of fused-ring (bicyclic) bond motifs is 2. The van der Waals surface area contributed by atoms with Crippen LogP contribution in [-0.2, 0) is 6.18 Å². The van der Waals surface area contributed by atoms with Crippen LogP contribution in [0.2, 0.25) is 0 Å². The minimum absolute atomic E-state index is 0.109. The molecule has 2 aliphatic rings. The molecule has 0 bridgehead atoms. The van der Waals surface area contributed by atoms with Crippen molar-refractivity contribution in [3.8, 4) is 5.75 Å². The van der Waals surface area contributed by atoms with Gasteiger partial charge < -0.3 is 15.0 Å². The van der Waals surface area contributed by atoms with Gasteiger partial charge in [0.2, 0.25) is 0 Å². The van der Waals surface area contributed by atoms with Crippen LogP contribution < -0.4 is 25.5 Å². The maximum absolute atomic E-state index is 12.9. The molecule has 0 unspecified atom stereocenters. The van der Waals surface area contributed by atoms with E-state index < -0.39 is 11.7 Å². The van der Waals surface area contributed by atoms with E-state index in [1.807, 2.05) is 18.2 Å². The summed E-state index contributed by atoms with van der Waals surface area (Å²) in [6.07, 6.45) is -2.91. The van der Waals surface area contributed by atoms with Crippen LogP contribution in [0.25, 0.3) is 6.26 Å². The van der Waals surface area contributed by atoms with Gasteiger partial charge in [0, 0.05) is 31.9 Å². The minimum atomic E-state index is -4.41. The molecule has 1 fully saturated rings. The van der Waals surface area contributed by atoms with Crippen molar-refractivity contribution in [1.29, 1.82) is 0 Å². The minimum Gasteiger partial charge on any atom is -0.462 e. The first-order chi connectivity index (χ1) is 12.0. The molecule has 2 aromatic carbocycles. The number of hydrogen-bond donors (Lipinski definition) is 1. The molecule has 130 valence electrons. The fraction of sp³-hybridized carbons (Fsp3) is 0.278. The lowest BCUT2D eigenvalue weighted by atomic mass is 10.2. The Morgan fingerprint density at radius 1 is 1.08 bits per heavy atom. The van der Waals surface area contributed by atoms with Gasteiger partial charge in [-0.25, -0.2) is 4.99 Å². The summed E-state index contributed by atoms with van der Waals surface area (Å²) in [5.41, 5.74) is 0.621. The first-order valence-electron chi connectivity index (χ1n) is 8.04. The molecule has 0 amide bonds. The number of benzene rings is 2. The second kappa shape index (κ2) is 6.07. The summed E-state index contributed by atoms with van der Waals surface area (Å²) in [6.45, 7) is 3.48. The van der Waals surface area contributed by atoms with Gasteiger partial charge in [-0.1, -0.05) is 6.07 Å². The molecule has 2 aromatic rings. The number of hydrogen-bond acceptors (Lipinski definition) is 4. The third-order valence-corrected chi connectivity index (χ3v) is 4.35. The highest BCUT2D eigenvalue weighted by Crippen LogP contribution is 2.36. The van der Waals surface area contributed by atoms with Crippen molar-refractivity contribution in [2.75, 3.05) is 31.1 Å². The van der Waals surface area contributed by atoms with Crippen molar-refractivity contribution >= 4 is 17.6 Å². The van der Waals surface area contributed by atoms with E-state index in [0.29, 0.717) is 11.0 Å². The number of nitrogens with zero attached hydrogens (tertiary/aromatic N) is 2. The van der Waals surface area contributed by atoms with Gasteiger partial charge in [-0.05, 0) is 30.3 Å². The number of piperazine rings is 1. The zero-order chi connectivity index (χ0) is 17.4. The Labute approximate surface area is 142 Å². The molecule has 1 N–H and O–H groups in total. The van der Waals surface area contributed by atoms with Gasteiger partial charge in [0.25, 0.3) is 0 Å². The first kappa shape index (κ1) is 16.0. The van der Waals surface area contributed by atoms with E-state index in [1.165, 1.54) is 12.3 Å². The smallest absolute Gasteiger partial charge is 0.416 e. The van der Waals surface area contributed by atoms with Crippen molar-refractivity contribution < 1.29 is 17.9 Å². The molecule has 0 aromatic heterocycles. The lowest BCUT2D eigenvalue weighted by molar-refractivity contribution is -0.137. The molecular weight excluding hydrogens is 331 g/mol. The Hall–Kier alpha value is -2.54. The van der Waals surface area contributed by atoms with Crippen LogP contribution in [0.5, 0.6) is 5.75 Å². The van der Waals surface area contributed by atoms with Crippen molar-refractivity contribution in [3.05, 3.63) is 52.5 Å². The topological polar surface area (TPSA) is 36.9 Å². The Morgan fingerprint density at radius 2 is 1.88 bits per heavy atom. The third-order valence-electron chi connectivity index (χ3n) is 4.35. The van der Waals surface area contributed by atoms with Crippen molar-refractivity contribution in [2.24, 2.45) is 4.99 Å². The summed E-state index contributed by atoms with van der Waals surface area (Å²) < 4.78 is 44.3. The van der Waals surface area contributed by atoms with Crippen LogP contribution in [0, 0.1) is 0 Å². The Balaban J connectivity index is 1.81. The number of halogens is 3. The summed E-state index contributed by atoms with van der Waals surface area (Å²) in [4.78, 5) is 6.74. The van der Waals surface area contributed by atoms with Gasteiger partial charge >= 0.3 is 6.18 Å². The second-order valence-corrected chi connectivity index (χ2v) is 5.97. The van der Waals surface area contributed by atoms with Crippen LogP contribution >= 0.6 is 0 Å². The Kier molecular flexibility index (Phi) is 3.88. The Morgan fingerprint density at radius 3 is 2.64 bits per heavy atom. The van der Waals surface area contributed by atoms with E-state index in [4.69, 9.17) is 4.74 Å². The molecule has 1 saturated heterocycles. The number of anilines is 1.